The van der Waals surface area contributed by atoms with Crippen LogP contribution in [0.5, 0.6) is 0 Å². The van der Waals surface area contributed by atoms with E-state index in [0.717, 1.165) is 12.5 Å². The van der Waals surface area contributed by atoms with Crippen LogP contribution in [0.15, 0.2) is 0 Å². The lowest BCUT2D eigenvalue weighted by Gasteiger charge is -2.23. The summed E-state index contributed by atoms with van der Waals surface area (Å²) < 4.78 is 0. The summed E-state index contributed by atoms with van der Waals surface area (Å²) in [4.78, 5) is 2.64. The Bertz CT molecular complexity index is 166. The van der Waals surface area contributed by atoms with E-state index < -0.39 is 0 Å². The molecule has 0 aromatic rings. The number of nitrogens with zero attached hydrogens (tertiary/aromatic N) is 1. The molecular formula is C14H30N2. The molecule has 16 heavy (non-hydrogen) atoms. The maximum Gasteiger partial charge on any atom is 0.0107 e. The Morgan fingerprint density at radius 2 is 1.94 bits per heavy atom. The van der Waals surface area contributed by atoms with Crippen molar-refractivity contribution >= 4 is 0 Å². The quantitative estimate of drug-likeness (QED) is 0.616. The second-order valence-corrected chi connectivity index (χ2v) is 5.39. The van der Waals surface area contributed by atoms with E-state index in [9.17, 15) is 0 Å². The van der Waals surface area contributed by atoms with E-state index in [1.807, 2.05) is 0 Å². The van der Waals surface area contributed by atoms with E-state index in [1.165, 1.54) is 51.7 Å². The first-order valence-electron chi connectivity index (χ1n) is 7.22. The summed E-state index contributed by atoms with van der Waals surface area (Å²) in [5.74, 6) is 1.03. The first-order valence-corrected chi connectivity index (χ1v) is 7.22. The first-order chi connectivity index (χ1) is 7.76. The molecule has 1 aliphatic carbocycles. The molecule has 0 amide bonds. The van der Waals surface area contributed by atoms with Crippen molar-refractivity contribution in [2.24, 2.45) is 5.92 Å². The first kappa shape index (κ1) is 14.0. The Hall–Kier alpha value is -0.0800. The maximum atomic E-state index is 3.62. The topological polar surface area (TPSA) is 15.3 Å². The van der Waals surface area contributed by atoms with E-state index in [1.54, 1.807) is 0 Å². The lowest BCUT2D eigenvalue weighted by Crippen LogP contribution is -2.37. The van der Waals surface area contributed by atoms with Gasteiger partial charge in [-0.05, 0) is 45.1 Å². The molecular weight excluding hydrogens is 196 g/mol. The molecule has 0 radical (unpaired) electrons. The van der Waals surface area contributed by atoms with Crippen LogP contribution >= 0.6 is 0 Å². The van der Waals surface area contributed by atoms with E-state index in [0.29, 0.717) is 6.04 Å². The van der Waals surface area contributed by atoms with Crippen molar-refractivity contribution in [1.29, 1.82) is 0 Å². The predicted octanol–water partition coefficient (Wildman–Crippen LogP) is 2.89. The summed E-state index contributed by atoms with van der Waals surface area (Å²) in [6.45, 7) is 11.9. The van der Waals surface area contributed by atoms with Crippen molar-refractivity contribution in [1.82, 2.24) is 10.2 Å². The fourth-order valence-electron chi connectivity index (χ4n) is 2.28. The third-order valence-electron chi connectivity index (χ3n) is 3.40. The molecule has 1 aliphatic rings. The van der Waals surface area contributed by atoms with E-state index >= 15 is 0 Å². The summed E-state index contributed by atoms with van der Waals surface area (Å²) >= 11 is 0. The fraction of sp³-hybridized carbons (Fsp3) is 1.00. The molecule has 96 valence electrons. The third-order valence-corrected chi connectivity index (χ3v) is 3.40. The van der Waals surface area contributed by atoms with E-state index in [2.05, 4.69) is 31.0 Å². The monoisotopic (exact) mass is 226 g/mol. The third kappa shape index (κ3) is 6.49. The Morgan fingerprint density at radius 3 is 2.50 bits per heavy atom. The van der Waals surface area contributed by atoms with Crippen LogP contribution in [0.2, 0.25) is 0 Å². The molecule has 1 fully saturated rings. The summed E-state index contributed by atoms with van der Waals surface area (Å²) in [6, 6.07) is 0.689. The summed E-state index contributed by atoms with van der Waals surface area (Å²) in [6.07, 6.45) is 6.82. The highest BCUT2D eigenvalue weighted by Gasteiger charge is 2.23. The normalized spacial score (nSPS) is 18.0. The minimum absolute atomic E-state index is 0.689. The van der Waals surface area contributed by atoms with Crippen LogP contribution < -0.4 is 5.32 Å². The molecule has 0 bridgehead atoms. The van der Waals surface area contributed by atoms with Gasteiger partial charge >= 0.3 is 0 Å². The molecule has 1 unspecified atom stereocenters. The van der Waals surface area contributed by atoms with E-state index in [-0.39, 0.29) is 0 Å². The second-order valence-electron chi connectivity index (χ2n) is 5.39. The van der Waals surface area contributed by atoms with Gasteiger partial charge in [0.15, 0.2) is 0 Å². The zero-order valence-corrected chi connectivity index (χ0v) is 11.5. The van der Waals surface area contributed by atoms with Crippen molar-refractivity contribution in [3.8, 4) is 0 Å². The van der Waals surface area contributed by atoms with Crippen molar-refractivity contribution in [2.45, 2.75) is 58.9 Å². The van der Waals surface area contributed by atoms with Crippen LogP contribution in [0.3, 0.4) is 0 Å². The van der Waals surface area contributed by atoms with Gasteiger partial charge in [-0.1, -0.05) is 20.3 Å². The van der Waals surface area contributed by atoms with Gasteiger partial charge in [0.1, 0.15) is 0 Å². The van der Waals surface area contributed by atoms with Gasteiger partial charge < -0.3 is 10.2 Å². The minimum atomic E-state index is 0.689. The molecule has 0 saturated heterocycles. The number of nitrogens with one attached hydrogen (secondary N) is 1. The smallest absolute Gasteiger partial charge is 0.0107 e. The average molecular weight is 226 g/mol. The van der Waals surface area contributed by atoms with Gasteiger partial charge in [0.2, 0.25) is 0 Å². The summed E-state index contributed by atoms with van der Waals surface area (Å²) in [7, 11) is 0. The van der Waals surface area contributed by atoms with Crippen molar-refractivity contribution in [3.63, 3.8) is 0 Å². The number of hydrogen-bond acceptors (Lipinski definition) is 2. The maximum absolute atomic E-state index is 3.62. The number of rotatable bonds is 10. The molecule has 0 heterocycles. The molecule has 0 aromatic carbocycles. The second kappa shape index (κ2) is 8.08. The largest absolute Gasteiger partial charge is 0.313 e. The molecule has 0 aromatic heterocycles. The standard InChI is InChI=1S/C14H30N2/c1-4-6-13(3)15-9-11-16(10-5-2)12-14-7-8-14/h13-15H,4-12H2,1-3H3. The highest BCUT2D eigenvalue weighted by atomic mass is 15.1. The van der Waals surface area contributed by atoms with Gasteiger partial charge in [-0.15, -0.1) is 0 Å². The molecule has 0 spiro atoms. The molecule has 0 aliphatic heterocycles. The Labute approximate surface area is 102 Å². The lowest BCUT2D eigenvalue weighted by molar-refractivity contribution is 0.259. The van der Waals surface area contributed by atoms with Gasteiger partial charge in [-0.2, -0.15) is 0 Å². The highest BCUT2D eigenvalue weighted by Crippen LogP contribution is 2.29. The van der Waals surface area contributed by atoms with Crippen LogP contribution in [0.1, 0.15) is 52.9 Å². The van der Waals surface area contributed by atoms with Crippen molar-refractivity contribution in [2.75, 3.05) is 26.2 Å². The Balaban J connectivity index is 2.05. The van der Waals surface area contributed by atoms with Crippen LogP contribution in [-0.2, 0) is 0 Å². The zero-order chi connectivity index (χ0) is 11.8. The molecule has 1 rings (SSSR count). The van der Waals surface area contributed by atoms with Gasteiger partial charge in [0.25, 0.3) is 0 Å². The van der Waals surface area contributed by atoms with Crippen LogP contribution in [0.25, 0.3) is 0 Å². The fourth-order valence-corrected chi connectivity index (χ4v) is 2.28. The molecule has 1 atom stereocenters. The molecule has 2 heteroatoms. The average Bonchev–Trinajstić information content (AvgIpc) is 3.02. The summed E-state index contributed by atoms with van der Waals surface area (Å²) in [5.41, 5.74) is 0. The van der Waals surface area contributed by atoms with Gasteiger partial charge in [0.05, 0.1) is 0 Å². The zero-order valence-electron chi connectivity index (χ0n) is 11.5. The predicted molar refractivity (Wildman–Crippen MR) is 71.8 cm³/mol. The van der Waals surface area contributed by atoms with Crippen LogP contribution in [-0.4, -0.2) is 37.1 Å². The van der Waals surface area contributed by atoms with Gasteiger partial charge in [0, 0.05) is 25.7 Å². The molecule has 1 N–H and O–H groups in total. The van der Waals surface area contributed by atoms with Crippen LogP contribution in [0.4, 0.5) is 0 Å². The lowest BCUT2D eigenvalue weighted by atomic mass is 10.2. The Kier molecular flexibility index (Phi) is 7.06. The molecule has 1 saturated carbocycles. The minimum Gasteiger partial charge on any atom is -0.313 e. The Morgan fingerprint density at radius 1 is 1.19 bits per heavy atom. The van der Waals surface area contributed by atoms with E-state index in [4.69, 9.17) is 0 Å². The SMILES string of the molecule is CCCC(C)NCCN(CCC)CC1CC1. The van der Waals surface area contributed by atoms with Crippen molar-refractivity contribution in [3.05, 3.63) is 0 Å². The van der Waals surface area contributed by atoms with Gasteiger partial charge in [-0.3, -0.25) is 0 Å². The summed E-state index contributed by atoms with van der Waals surface area (Å²) in [5, 5.41) is 3.62. The highest BCUT2D eigenvalue weighted by molar-refractivity contribution is 4.77. The van der Waals surface area contributed by atoms with Crippen molar-refractivity contribution < 1.29 is 0 Å². The molecule has 2 nitrogen and oxygen atoms in total. The van der Waals surface area contributed by atoms with Crippen LogP contribution in [0, 0.1) is 5.92 Å². The number of hydrogen-bond donors (Lipinski definition) is 1. The van der Waals surface area contributed by atoms with Gasteiger partial charge in [-0.25, -0.2) is 0 Å².